The van der Waals surface area contributed by atoms with Gasteiger partial charge in [-0.15, -0.1) is 0 Å². The van der Waals surface area contributed by atoms with Gasteiger partial charge in [0.1, 0.15) is 0 Å². The Balaban J connectivity index is 1.69. The summed E-state index contributed by atoms with van der Waals surface area (Å²) in [5.74, 6) is 0. The van der Waals surface area contributed by atoms with Crippen LogP contribution >= 0.6 is 0 Å². The molecule has 0 unspecified atom stereocenters. The van der Waals surface area contributed by atoms with Crippen molar-refractivity contribution >= 4 is 21.1 Å². The van der Waals surface area contributed by atoms with Crippen molar-refractivity contribution in [2.45, 2.75) is 37.0 Å². The number of rotatable bonds is 5. The molecule has 0 atom stereocenters. The molecule has 1 heterocycles. The van der Waals surface area contributed by atoms with Crippen LogP contribution in [0.4, 0.5) is 0 Å². The molecule has 1 aliphatic carbocycles. The first-order valence-electron chi connectivity index (χ1n) is 7.65. The lowest BCUT2D eigenvalue weighted by Crippen LogP contribution is -2.25. The molecule has 0 radical (unpaired) electrons. The molecule has 1 aromatic heterocycles. The minimum Gasteiger partial charge on any atom is -0.334 e. The first-order chi connectivity index (χ1) is 10.6. The van der Waals surface area contributed by atoms with E-state index in [9.17, 15) is 8.42 Å². The number of aromatic nitrogens is 2. The molecule has 1 N–H and O–H groups in total. The van der Waals surface area contributed by atoms with Gasteiger partial charge in [-0.05, 0) is 50.3 Å². The highest BCUT2D eigenvalue weighted by molar-refractivity contribution is 7.89. The average molecular weight is 319 g/mol. The highest BCUT2D eigenvalue weighted by Gasteiger charge is 2.15. The fraction of sp³-hybridized carbons (Fsp3) is 0.438. The van der Waals surface area contributed by atoms with E-state index in [0.717, 1.165) is 24.8 Å². The van der Waals surface area contributed by atoms with Crippen molar-refractivity contribution in [1.29, 1.82) is 0 Å². The lowest BCUT2D eigenvalue weighted by atomic mass is 9.97. The van der Waals surface area contributed by atoms with E-state index in [4.69, 9.17) is 0 Å². The zero-order chi connectivity index (χ0) is 15.6. The minimum absolute atomic E-state index is 0.274. The largest absolute Gasteiger partial charge is 0.334 e. The van der Waals surface area contributed by atoms with Gasteiger partial charge in [0.2, 0.25) is 10.0 Å². The number of nitrogens with one attached hydrogen (secondary N) is 1. The zero-order valence-corrected chi connectivity index (χ0v) is 13.6. The predicted octanol–water partition coefficient (Wildman–Crippen LogP) is 2.74. The molecular weight excluding hydrogens is 298 g/mol. The smallest absolute Gasteiger partial charge is 0.240 e. The molecule has 6 heteroatoms. The molecule has 0 bridgehead atoms. The van der Waals surface area contributed by atoms with Gasteiger partial charge in [0.15, 0.2) is 0 Å². The van der Waals surface area contributed by atoms with Crippen LogP contribution in [0.2, 0.25) is 0 Å². The van der Waals surface area contributed by atoms with Crippen molar-refractivity contribution in [2.75, 3.05) is 6.54 Å². The van der Waals surface area contributed by atoms with Crippen LogP contribution in [0.1, 0.15) is 32.1 Å². The Morgan fingerprint density at radius 3 is 2.95 bits per heavy atom. The molecule has 0 amide bonds. The zero-order valence-electron chi connectivity index (χ0n) is 12.7. The Bertz CT molecular complexity index is 806. The second-order valence-corrected chi connectivity index (χ2v) is 7.53. The van der Waals surface area contributed by atoms with Gasteiger partial charge in [-0.3, -0.25) is 0 Å². The van der Waals surface area contributed by atoms with E-state index in [2.05, 4.69) is 15.8 Å². The normalized spacial score (nSPS) is 16.0. The Labute approximate surface area is 131 Å². The van der Waals surface area contributed by atoms with Gasteiger partial charge < -0.3 is 4.57 Å². The third-order valence-corrected chi connectivity index (χ3v) is 5.59. The van der Waals surface area contributed by atoms with Gasteiger partial charge in [-0.2, -0.15) is 0 Å². The molecule has 3 rings (SSSR count). The molecule has 5 nitrogen and oxygen atoms in total. The van der Waals surface area contributed by atoms with Crippen molar-refractivity contribution in [2.24, 2.45) is 7.05 Å². The van der Waals surface area contributed by atoms with Crippen LogP contribution in [0.15, 0.2) is 41.1 Å². The monoisotopic (exact) mass is 319 g/mol. The number of allylic oxidation sites excluding steroid dienone is 1. The molecular formula is C16H21N3O2S. The number of benzene rings is 1. The van der Waals surface area contributed by atoms with Crippen molar-refractivity contribution in [3.05, 3.63) is 36.2 Å². The molecule has 0 saturated heterocycles. The van der Waals surface area contributed by atoms with E-state index in [0.29, 0.717) is 12.1 Å². The summed E-state index contributed by atoms with van der Waals surface area (Å²) in [6, 6.07) is 5.05. The Morgan fingerprint density at radius 1 is 1.32 bits per heavy atom. The lowest BCUT2D eigenvalue weighted by molar-refractivity contribution is 0.579. The molecule has 0 fully saturated rings. The van der Waals surface area contributed by atoms with E-state index in [1.807, 2.05) is 11.6 Å². The van der Waals surface area contributed by atoms with Crippen molar-refractivity contribution in [1.82, 2.24) is 14.3 Å². The topological polar surface area (TPSA) is 64.0 Å². The molecule has 0 spiro atoms. The maximum Gasteiger partial charge on any atom is 0.240 e. The summed E-state index contributed by atoms with van der Waals surface area (Å²) in [6.45, 7) is 0.453. The van der Waals surface area contributed by atoms with Crippen LogP contribution in [0.3, 0.4) is 0 Å². The van der Waals surface area contributed by atoms with Crippen molar-refractivity contribution < 1.29 is 8.42 Å². The summed E-state index contributed by atoms with van der Waals surface area (Å²) < 4.78 is 29.3. The third kappa shape index (κ3) is 3.23. The van der Waals surface area contributed by atoms with Crippen LogP contribution in [-0.4, -0.2) is 24.5 Å². The van der Waals surface area contributed by atoms with Crippen LogP contribution in [0.5, 0.6) is 0 Å². The van der Waals surface area contributed by atoms with Crippen LogP contribution in [0.25, 0.3) is 11.0 Å². The summed E-state index contributed by atoms with van der Waals surface area (Å²) in [5, 5.41) is 0. The number of sulfonamides is 1. The van der Waals surface area contributed by atoms with E-state index in [1.165, 1.54) is 18.4 Å². The Hall–Kier alpha value is -1.66. The second kappa shape index (κ2) is 6.22. The Morgan fingerprint density at radius 2 is 2.18 bits per heavy atom. The number of hydrogen-bond acceptors (Lipinski definition) is 3. The molecule has 1 aliphatic rings. The van der Waals surface area contributed by atoms with Gasteiger partial charge in [-0.25, -0.2) is 18.1 Å². The van der Waals surface area contributed by atoms with Crippen molar-refractivity contribution in [3.63, 3.8) is 0 Å². The number of hydrogen-bond donors (Lipinski definition) is 1. The molecule has 118 valence electrons. The molecule has 2 aromatic rings. The van der Waals surface area contributed by atoms with Gasteiger partial charge in [0.05, 0.1) is 22.3 Å². The number of nitrogens with zero attached hydrogens (tertiary/aromatic N) is 2. The van der Waals surface area contributed by atoms with E-state index >= 15 is 0 Å². The summed E-state index contributed by atoms with van der Waals surface area (Å²) in [7, 11) is -1.58. The van der Waals surface area contributed by atoms with Gasteiger partial charge in [0, 0.05) is 13.6 Å². The van der Waals surface area contributed by atoms with Gasteiger partial charge in [-0.1, -0.05) is 11.6 Å². The maximum atomic E-state index is 12.4. The van der Waals surface area contributed by atoms with E-state index < -0.39 is 10.0 Å². The van der Waals surface area contributed by atoms with Crippen LogP contribution in [-0.2, 0) is 17.1 Å². The fourth-order valence-corrected chi connectivity index (χ4v) is 3.90. The number of imidazole rings is 1. The van der Waals surface area contributed by atoms with Crippen LogP contribution < -0.4 is 4.72 Å². The SMILES string of the molecule is Cn1cnc2cc(S(=O)(=O)NCCC3=CCCCC3)ccc21. The maximum absolute atomic E-state index is 12.4. The highest BCUT2D eigenvalue weighted by Crippen LogP contribution is 2.20. The van der Waals surface area contributed by atoms with Gasteiger partial charge >= 0.3 is 0 Å². The average Bonchev–Trinajstić information content (AvgIpc) is 2.89. The van der Waals surface area contributed by atoms with Gasteiger partial charge in [0.25, 0.3) is 0 Å². The third-order valence-electron chi connectivity index (χ3n) is 4.13. The standard InChI is InChI=1S/C16H21N3O2S/c1-19-12-17-15-11-14(7-8-16(15)19)22(20,21)18-10-9-13-5-3-2-4-6-13/h5,7-8,11-12,18H,2-4,6,9-10H2,1H3. The fourth-order valence-electron chi connectivity index (χ4n) is 2.84. The van der Waals surface area contributed by atoms with E-state index in [-0.39, 0.29) is 4.90 Å². The first-order valence-corrected chi connectivity index (χ1v) is 9.13. The molecule has 0 aliphatic heterocycles. The summed E-state index contributed by atoms with van der Waals surface area (Å²) in [5.41, 5.74) is 2.99. The lowest BCUT2D eigenvalue weighted by Gasteiger charge is -2.13. The first kappa shape index (κ1) is 15.2. The van der Waals surface area contributed by atoms with Crippen molar-refractivity contribution in [3.8, 4) is 0 Å². The summed E-state index contributed by atoms with van der Waals surface area (Å²) >= 11 is 0. The number of aryl methyl sites for hydroxylation is 1. The number of fused-ring (bicyclic) bond motifs is 1. The highest BCUT2D eigenvalue weighted by atomic mass is 32.2. The summed E-state index contributed by atoms with van der Waals surface area (Å²) in [6.07, 6.45) is 9.42. The molecule has 22 heavy (non-hydrogen) atoms. The Kier molecular flexibility index (Phi) is 4.31. The quantitative estimate of drug-likeness (QED) is 0.862. The molecule has 1 aromatic carbocycles. The molecule has 0 saturated carbocycles. The van der Waals surface area contributed by atoms with E-state index in [1.54, 1.807) is 24.5 Å². The van der Waals surface area contributed by atoms with Crippen LogP contribution in [0, 0.1) is 0 Å². The summed E-state index contributed by atoms with van der Waals surface area (Å²) in [4.78, 5) is 4.48. The second-order valence-electron chi connectivity index (χ2n) is 5.76. The predicted molar refractivity (Wildman–Crippen MR) is 87.1 cm³/mol. The minimum atomic E-state index is -3.47.